The summed E-state index contributed by atoms with van der Waals surface area (Å²) in [4.78, 5) is 20.4. The van der Waals surface area contributed by atoms with Crippen LogP contribution >= 0.6 is 22.6 Å². The Morgan fingerprint density at radius 2 is 1.96 bits per heavy atom. The molecular weight excluding hydrogens is 447 g/mol. The van der Waals surface area contributed by atoms with Gasteiger partial charge in [-0.05, 0) is 109 Å². The van der Waals surface area contributed by atoms with Gasteiger partial charge in [0.2, 0.25) is 5.91 Å². The molecule has 1 aliphatic heterocycles. The van der Waals surface area contributed by atoms with Gasteiger partial charge in [0.05, 0.1) is 5.69 Å². The molecule has 1 aliphatic carbocycles. The van der Waals surface area contributed by atoms with Crippen molar-refractivity contribution < 1.29 is 4.79 Å². The molecule has 2 heterocycles. The first-order chi connectivity index (χ1) is 12.9. The molecule has 3 nitrogen and oxygen atoms in total. The van der Waals surface area contributed by atoms with E-state index in [0.29, 0.717) is 5.92 Å². The number of rotatable bonds is 2. The van der Waals surface area contributed by atoms with Gasteiger partial charge in [-0.25, -0.2) is 4.98 Å². The van der Waals surface area contributed by atoms with E-state index in [9.17, 15) is 4.79 Å². The van der Waals surface area contributed by atoms with Gasteiger partial charge in [-0.2, -0.15) is 0 Å². The number of anilines is 2. The number of benzene rings is 1. The van der Waals surface area contributed by atoms with Gasteiger partial charge in [-0.3, -0.25) is 9.69 Å². The molecule has 27 heavy (non-hydrogen) atoms. The first kappa shape index (κ1) is 18.9. The Morgan fingerprint density at radius 1 is 1.19 bits per heavy atom. The minimum absolute atomic E-state index is 0.00484. The summed E-state index contributed by atoms with van der Waals surface area (Å²) in [5.74, 6) is 1.43. The summed E-state index contributed by atoms with van der Waals surface area (Å²) >= 11 is 2.41. The number of aromatic nitrogens is 1. The number of amides is 1. The molecule has 4 heteroatoms. The van der Waals surface area contributed by atoms with Crippen molar-refractivity contribution in [2.24, 2.45) is 5.92 Å². The van der Waals surface area contributed by atoms with Gasteiger partial charge in [-0.1, -0.05) is 19.9 Å². The van der Waals surface area contributed by atoms with E-state index in [1.807, 2.05) is 4.90 Å². The highest BCUT2D eigenvalue weighted by molar-refractivity contribution is 14.1. The molecule has 0 radical (unpaired) electrons. The molecule has 0 saturated carbocycles. The molecule has 0 bridgehead atoms. The van der Waals surface area contributed by atoms with Crippen molar-refractivity contribution in [3.05, 3.63) is 49.7 Å². The maximum Gasteiger partial charge on any atom is 0.235 e. The maximum atomic E-state index is 13.5. The zero-order chi connectivity index (χ0) is 19.3. The summed E-state index contributed by atoms with van der Waals surface area (Å²) in [5.41, 5.74) is 7.20. The van der Waals surface area contributed by atoms with Crippen LogP contribution in [0.1, 0.15) is 67.0 Å². The number of hydrogen-bond donors (Lipinski definition) is 0. The summed E-state index contributed by atoms with van der Waals surface area (Å²) in [7, 11) is 0. The van der Waals surface area contributed by atoms with Gasteiger partial charge in [0.25, 0.3) is 0 Å². The number of aryl methyl sites for hydroxylation is 4. The van der Waals surface area contributed by atoms with Gasteiger partial charge in [0, 0.05) is 15.2 Å². The standard InChI is InChI=1S/C23H27IN2O/c1-5-16-10-15(4)23(27)26(21-11-13(2)19(24)12-18(16)21)22-14(3)9-17-7-6-8-20(17)25-22/h9,11-12,15-16H,5-8,10H2,1-4H3. The van der Waals surface area contributed by atoms with E-state index >= 15 is 0 Å². The van der Waals surface area contributed by atoms with Gasteiger partial charge in [0.1, 0.15) is 5.82 Å². The number of nitrogens with zero attached hydrogens (tertiary/aromatic N) is 2. The number of hydrogen-bond acceptors (Lipinski definition) is 2. The summed E-state index contributed by atoms with van der Waals surface area (Å²) in [6.07, 6.45) is 5.26. The zero-order valence-corrected chi connectivity index (χ0v) is 18.8. The van der Waals surface area contributed by atoms with Crippen molar-refractivity contribution in [2.75, 3.05) is 4.90 Å². The highest BCUT2D eigenvalue weighted by atomic mass is 127. The van der Waals surface area contributed by atoms with Crippen molar-refractivity contribution in [1.82, 2.24) is 4.98 Å². The van der Waals surface area contributed by atoms with E-state index in [1.54, 1.807) is 0 Å². The number of fused-ring (bicyclic) bond motifs is 2. The minimum atomic E-state index is -0.00484. The molecule has 4 rings (SSSR count). The van der Waals surface area contributed by atoms with E-state index in [2.05, 4.69) is 68.5 Å². The van der Waals surface area contributed by atoms with Gasteiger partial charge in [0.15, 0.2) is 0 Å². The first-order valence-electron chi connectivity index (χ1n) is 10.0. The van der Waals surface area contributed by atoms with Gasteiger partial charge >= 0.3 is 0 Å². The predicted octanol–water partition coefficient (Wildman–Crippen LogP) is 5.99. The molecule has 2 aromatic rings. The fourth-order valence-electron chi connectivity index (χ4n) is 4.60. The van der Waals surface area contributed by atoms with Crippen LogP contribution in [0.2, 0.25) is 0 Å². The van der Waals surface area contributed by atoms with Crippen LogP contribution in [-0.2, 0) is 17.6 Å². The molecule has 1 amide bonds. The second kappa shape index (κ2) is 7.19. The monoisotopic (exact) mass is 474 g/mol. The topological polar surface area (TPSA) is 33.2 Å². The lowest BCUT2D eigenvalue weighted by Gasteiger charge is -2.27. The van der Waals surface area contributed by atoms with Crippen molar-refractivity contribution in [2.45, 2.75) is 65.7 Å². The molecule has 0 spiro atoms. The Morgan fingerprint density at radius 3 is 2.70 bits per heavy atom. The molecule has 0 saturated heterocycles. The Bertz CT molecular complexity index is 921. The van der Waals surface area contributed by atoms with E-state index < -0.39 is 0 Å². The molecule has 2 aliphatic rings. The first-order valence-corrected chi connectivity index (χ1v) is 11.1. The predicted molar refractivity (Wildman–Crippen MR) is 119 cm³/mol. The molecule has 2 unspecified atom stereocenters. The quantitative estimate of drug-likeness (QED) is 0.501. The smallest absolute Gasteiger partial charge is 0.235 e. The number of halogens is 1. The zero-order valence-electron chi connectivity index (χ0n) is 16.6. The van der Waals surface area contributed by atoms with Gasteiger partial charge < -0.3 is 0 Å². The van der Waals surface area contributed by atoms with E-state index in [-0.39, 0.29) is 11.8 Å². The third kappa shape index (κ3) is 3.20. The van der Waals surface area contributed by atoms with Crippen LogP contribution in [0.25, 0.3) is 0 Å². The number of carbonyl (C=O) groups excluding carboxylic acids is 1. The van der Waals surface area contributed by atoms with Gasteiger partial charge in [-0.15, -0.1) is 0 Å². The Kier molecular flexibility index (Phi) is 5.04. The summed E-state index contributed by atoms with van der Waals surface area (Å²) < 4.78 is 1.27. The second-order valence-electron chi connectivity index (χ2n) is 8.16. The molecule has 0 N–H and O–H groups in total. The second-order valence-corrected chi connectivity index (χ2v) is 9.33. The van der Waals surface area contributed by atoms with Crippen molar-refractivity contribution in [1.29, 1.82) is 0 Å². The van der Waals surface area contributed by atoms with Crippen molar-refractivity contribution in [3.63, 3.8) is 0 Å². The number of pyridine rings is 1. The SMILES string of the molecule is CCC1CC(C)C(=O)N(c2nc3c(cc2C)CCC3)c2cc(C)c(I)cc21. The normalized spacial score (nSPS) is 21.8. The fourth-order valence-corrected chi connectivity index (χ4v) is 5.09. The highest BCUT2D eigenvalue weighted by Crippen LogP contribution is 2.44. The molecular formula is C23H27IN2O. The Balaban J connectivity index is 1.96. The van der Waals surface area contributed by atoms with E-state index in [0.717, 1.165) is 42.8 Å². The molecule has 2 atom stereocenters. The van der Waals surface area contributed by atoms with Crippen molar-refractivity contribution in [3.8, 4) is 0 Å². The van der Waals surface area contributed by atoms with Crippen LogP contribution in [0.4, 0.5) is 11.5 Å². The largest absolute Gasteiger partial charge is 0.274 e. The lowest BCUT2D eigenvalue weighted by Crippen LogP contribution is -2.31. The molecule has 1 aromatic heterocycles. The molecule has 142 valence electrons. The average molecular weight is 474 g/mol. The maximum absolute atomic E-state index is 13.5. The average Bonchev–Trinajstić information content (AvgIpc) is 3.06. The van der Waals surface area contributed by atoms with Crippen LogP contribution in [0, 0.1) is 23.3 Å². The van der Waals surface area contributed by atoms with Crippen LogP contribution in [0.15, 0.2) is 18.2 Å². The Labute approximate surface area is 175 Å². The summed E-state index contributed by atoms with van der Waals surface area (Å²) in [6.45, 7) is 8.53. The van der Waals surface area contributed by atoms with Crippen LogP contribution in [-0.4, -0.2) is 10.9 Å². The lowest BCUT2D eigenvalue weighted by atomic mass is 9.88. The van der Waals surface area contributed by atoms with Crippen molar-refractivity contribution >= 4 is 40.0 Å². The third-order valence-corrected chi connectivity index (χ3v) is 7.35. The summed E-state index contributed by atoms with van der Waals surface area (Å²) in [6, 6.07) is 6.74. The van der Waals surface area contributed by atoms with Crippen LogP contribution in [0.5, 0.6) is 0 Å². The highest BCUT2D eigenvalue weighted by Gasteiger charge is 2.35. The Hall–Kier alpha value is -1.43. The van der Waals surface area contributed by atoms with Crippen LogP contribution < -0.4 is 4.90 Å². The lowest BCUT2D eigenvalue weighted by molar-refractivity contribution is -0.121. The minimum Gasteiger partial charge on any atom is -0.274 e. The fraction of sp³-hybridized carbons (Fsp3) is 0.478. The molecule has 0 fully saturated rings. The summed E-state index contributed by atoms with van der Waals surface area (Å²) in [5, 5.41) is 0. The van der Waals surface area contributed by atoms with E-state index in [1.165, 1.54) is 32.4 Å². The van der Waals surface area contributed by atoms with E-state index in [4.69, 9.17) is 4.98 Å². The third-order valence-electron chi connectivity index (χ3n) is 6.19. The number of carbonyl (C=O) groups is 1. The van der Waals surface area contributed by atoms with Crippen LogP contribution in [0.3, 0.4) is 0 Å². The molecule has 1 aromatic carbocycles.